The summed E-state index contributed by atoms with van der Waals surface area (Å²) in [5.41, 5.74) is 5.40. The second-order valence-electron chi connectivity index (χ2n) is 9.25. The minimum absolute atomic E-state index is 0.00316. The summed E-state index contributed by atoms with van der Waals surface area (Å²) in [5, 5.41) is 1.14. The van der Waals surface area contributed by atoms with Crippen LogP contribution in [0.5, 0.6) is 0 Å². The summed E-state index contributed by atoms with van der Waals surface area (Å²) >= 11 is 0. The first-order valence-electron chi connectivity index (χ1n) is 11.5. The van der Waals surface area contributed by atoms with Gasteiger partial charge in [-0.3, -0.25) is 9.59 Å². The van der Waals surface area contributed by atoms with Gasteiger partial charge < -0.3 is 19.5 Å². The number of aromatic amines is 1. The molecule has 0 radical (unpaired) electrons. The lowest BCUT2D eigenvalue weighted by molar-refractivity contribution is -0.159. The van der Waals surface area contributed by atoms with Crippen molar-refractivity contribution in [2.75, 3.05) is 19.7 Å². The first kappa shape index (κ1) is 19.6. The third kappa shape index (κ3) is 3.05. The highest BCUT2D eigenvalue weighted by Gasteiger charge is 2.48. The Morgan fingerprint density at radius 2 is 2.00 bits per heavy atom. The molecular formula is C26H27N3O3. The number of aromatic nitrogens is 1. The van der Waals surface area contributed by atoms with E-state index in [0.29, 0.717) is 13.0 Å². The van der Waals surface area contributed by atoms with Crippen molar-refractivity contribution >= 4 is 22.7 Å². The Kier molecular flexibility index (Phi) is 4.57. The number of piperazine rings is 1. The minimum Gasteiger partial charge on any atom is -0.376 e. The minimum atomic E-state index is -0.491. The Labute approximate surface area is 187 Å². The zero-order valence-corrected chi connectivity index (χ0v) is 18.2. The van der Waals surface area contributed by atoms with Gasteiger partial charge in [-0.2, -0.15) is 0 Å². The molecule has 4 heterocycles. The fraction of sp³-hybridized carbons (Fsp3) is 0.385. The van der Waals surface area contributed by atoms with Crippen LogP contribution >= 0.6 is 0 Å². The number of carbonyl (C=O) groups is 2. The number of fused-ring (bicyclic) bond motifs is 4. The third-order valence-electron chi connectivity index (χ3n) is 7.15. The lowest BCUT2D eigenvalue weighted by Crippen LogP contribution is -2.63. The van der Waals surface area contributed by atoms with E-state index in [4.69, 9.17) is 4.74 Å². The van der Waals surface area contributed by atoms with Crippen LogP contribution in [-0.4, -0.2) is 58.4 Å². The zero-order chi connectivity index (χ0) is 21.8. The van der Waals surface area contributed by atoms with Crippen LogP contribution in [0.4, 0.5) is 0 Å². The van der Waals surface area contributed by atoms with E-state index < -0.39 is 6.04 Å². The third-order valence-corrected chi connectivity index (χ3v) is 7.15. The largest absolute Gasteiger partial charge is 0.376 e. The molecule has 0 saturated carbocycles. The molecule has 2 aromatic carbocycles. The number of amides is 2. The van der Waals surface area contributed by atoms with Crippen molar-refractivity contribution < 1.29 is 14.3 Å². The van der Waals surface area contributed by atoms with E-state index in [-0.39, 0.29) is 30.5 Å². The van der Waals surface area contributed by atoms with Crippen LogP contribution < -0.4 is 0 Å². The molecule has 2 saturated heterocycles. The number of carbonyl (C=O) groups excluding carboxylic acids is 2. The van der Waals surface area contributed by atoms with Crippen LogP contribution in [0.1, 0.15) is 41.3 Å². The monoisotopic (exact) mass is 429 g/mol. The van der Waals surface area contributed by atoms with E-state index >= 15 is 0 Å². The molecule has 2 fully saturated rings. The Hall–Kier alpha value is -3.12. The summed E-state index contributed by atoms with van der Waals surface area (Å²) in [6, 6.07) is 15.7. The summed E-state index contributed by atoms with van der Waals surface area (Å²) in [6.07, 6.45) is 2.54. The molecule has 0 aliphatic carbocycles. The van der Waals surface area contributed by atoms with Gasteiger partial charge in [-0.1, -0.05) is 48.0 Å². The van der Waals surface area contributed by atoms with Crippen molar-refractivity contribution in [1.82, 2.24) is 14.8 Å². The number of H-pyrrole nitrogens is 1. The van der Waals surface area contributed by atoms with Crippen LogP contribution in [0, 0.1) is 6.92 Å². The van der Waals surface area contributed by atoms with E-state index in [2.05, 4.69) is 42.2 Å². The standard InChI is InChI=1S/C26H27N3O3/c1-16-6-4-7-17(12-16)25-24-20(19-9-2-3-10-21(19)27-24)13-22-26(31)28(15-23(30)29(22)25)14-18-8-5-11-32-18/h2-4,6-7,9-10,12,18,22,25,27H,5,8,11,13-15H2,1H3/t18?,22-,25?/m0/s1. The van der Waals surface area contributed by atoms with E-state index in [1.54, 1.807) is 4.90 Å². The summed E-state index contributed by atoms with van der Waals surface area (Å²) in [5.74, 6) is 0.0390. The molecule has 32 heavy (non-hydrogen) atoms. The Morgan fingerprint density at radius 1 is 1.12 bits per heavy atom. The zero-order valence-electron chi connectivity index (χ0n) is 18.2. The van der Waals surface area contributed by atoms with Gasteiger partial charge in [-0.05, 0) is 37.0 Å². The topological polar surface area (TPSA) is 65.6 Å². The molecule has 3 aliphatic rings. The quantitative estimate of drug-likeness (QED) is 0.695. The second kappa shape index (κ2) is 7.48. The summed E-state index contributed by atoms with van der Waals surface area (Å²) in [4.78, 5) is 34.3. The molecular weight excluding hydrogens is 402 g/mol. The van der Waals surface area contributed by atoms with Crippen molar-refractivity contribution in [3.05, 3.63) is 70.9 Å². The van der Waals surface area contributed by atoms with Crippen molar-refractivity contribution in [1.29, 1.82) is 0 Å². The molecule has 2 unspecified atom stereocenters. The molecule has 164 valence electrons. The highest BCUT2D eigenvalue weighted by molar-refractivity contribution is 5.97. The molecule has 3 aromatic rings. The molecule has 6 heteroatoms. The van der Waals surface area contributed by atoms with Crippen LogP contribution in [0.15, 0.2) is 48.5 Å². The van der Waals surface area contributed by atoms with Crippen molar-refractivity contribution in [3.63, 3.8) is 0 Å². The number of nitrogens with one attached hydrogen (secondary N) is 1. The van der Waals surface area contributed by atoms with Gasteiger partial charge in [0.05, 0.1) is 18.7 Å². The normalized spacial score (nSPS) is 25.3. The molecule has 1 N–H and O–H groups in total. The van der Waals surface area contributed by atoms with E-state index in [9.17, 15) is 9.59 Å². The summed E-state index contributed by atoms with van der Waals surface area (Å²) in [6.45, 7) is 3.42. The van der Waals surface area contributed by atoms with Gasteiger partial charge in [0.2, 0.25) is 11.8 Å². The van der Waals surface area contributed by atoms with Crippen LogP contribution in [-0.2, 0) is 20.7 Å². The van der Waals surface area contributed by atoms with Crippen LogP contribution in [0.2, 0.25) is 0 Å². The first-order valence-corrected chi connectivity index (χ1v) is 11.5. The number of hydrogen-bond acceptors (Lipinski definition) is 3. The molecule has 2 amide bonds. The average molecular weight is 430 g/mol. The lowest BCUT2D eigenvalue weighted by Gasteiger charge is -2.47. The van der Waals surface area contributed by atoms with Gasteiger partial charge in [0.1, 0.15) is 6.04 Å². The Morgan fingerprint density at radius 3 is 2.81 bits per heavy atom. The molecule has 1 aromatic heterocycles. The molecule has 0 bridgehead atoms. The maximum Gasteiger partial charge on any atom is 0.246 e. The molecule has 3 atom stereocenters. The predicted molar refractivity (Wildman–Crippen MR) is 121 cm³/mol. The van der Waals surface area contributed by atoms with Gasteiger partial charge in [0, 0.05) is 36.2 Å². The summed E-state index contributed by atoms with van der Waals surface area (Å²) < 4.78 is 5.76. The highest BCUT2D eigenvalue weighted by Crippen LogP contribution is 2.42. The highest BCUT2D eigenvalue weighted by atomic mass is 16.5. The Bertz CT molecular complexity index is 1210. The molecule has 0 spiro atoms. The van der Waals surface area contributed by atoms with Crippen molar-refractivity contribution in [2.24, 2.45) is 0 Å². The van der Waals surface area contributed by atoms with Crippen LogP contribution in [0.25, 0.3) is 10.9 Å². The van der Waals surface area contributed by atoms with Crippen molar-refractivity contribution in [3.8, 4) is 0 Å². The van der Waals surface area contributed by atoms with Gasteiger partial charge >= 0.3 is 0 Å². The molecule has 3 aliphatic heterocycles. The first-order chi connectivity index (χ1) is 15.6. The Balaban J connectivity index is 1.46. The van der Waals surface area contributed by atoms with Gasteiger partial charge in [0.25, 0.3) is 0 Å². The van der Waals surface area contributed by atoms with Gasteiger partial charge in [0.15, 0.2) is 0 Å². The van der Waals surface area contributed by atoms with E-state index in [0.717, 1.165) is 52.7 Å². The maximum absolute atomic E-state index is 13.7. The number of para-hydroxylation sites is 1. The number of aryl methyl sites for hydroxylation is 1. The number of nitrogens with zero attached hydrogens (tertiary/aromatic N) is 2. The van der Waals surface area contributed by atoms with Gasteiger partial charge in [-0.15, -0.1) is 0 Å². The van der Waals surface area contributed by atoms with E-state index in [1.165, 1.54) is 0 Å². The SMILES string of the molecule is Cc1cccc(C2c3[nH]c4ccccc4c3C[C@H]3C(=O)N(CC4CCCO4)CC(=O)N23)c1. The van der Waals surface area contributed by atoms with Gasteiger partial charge in [-0.25, -0.2) is 0 Å². The predicted octanol–water partition coefficient (Wildman–Crippen LogP) is 3.34. The summed E-state index contributed by atoms with van der Waals surface area (Å²) in [7, 11) is 0. The number of ether oxygens (including phenoxy) is 1. The lowest BCUT2D eigenvalue weighted by atomic mass is 9.86. The van der Waals surface area contributed by atoms with Crippen LogP contribution in [0.3, 0.4) is 0 Å². The average Bonchev–Trinajstić information content (AvgIpc) is 3.43. The maximum atomic E-state index is 13.7. The fourth-order valence-corrected chi connectivity index (χ4v) is 5.70. The number of hydrogen-bond donors (Lipinski definition) is 1. The molecule has 6 nitrogen and oxygen atoms in total. The van der Waals surface area contributed by atoms with E-state index in [1.807, 2.05) is 23.1 Å². The smallest absolute Gasteiger partial charge is 0.246 e. The number of benzene rings is 2. The molecule has 6 rings (SSSR count). The second-order valence-corrected chi connectivity index (χ2v) is 9.25. The number of rotatable bonds is 3. The fourth-order valence-electron chi connectivity index (χ4n) is 5.70. The van der Waals surface area contributed by atoms with Crippen molar-refractivity contribution in [2.45, 2.75) is 44.4 Å².